The third kappa shape index (κ3) is 2.55. The van der Waals surface area contributed by atoms with Crippen LogP contribution in [-0.4, -0.2) is 23.9 Å². The molecule has 1 unspecified atom stereocenters. The van der Waals surface area contributed by atoms with Crippen molar-refractivity contribution in [3.05, 3.63) is 47.5 Å². The van der Waals surface area contributed by atoms with Crippen molar-refractivity contribution in [2.45, 2.75) is 26.3 Å². The summed E-state index contributed by atoms with van der Waals surface area (Å²) in [5.41, 5.74) is 2.53. The molecule has 3 rings (SSSR count). The normalized spacial score (nSPS) is 12.5. The number of amides is 1. The van der Waals surface area contributed by atoms with Crippen LogP contribution in [0.3, 0.4) is 0 Å². The van der Waals surface area contributed by atoms with E-state index in [9.17, 15) is 4.79 Å². The number of fused-ring (bicyclic) bond motifs is 1. The van der Waals surface area contributed by atoms with Crippen LogP contribution in [0.4, 0.5) is 0 Å². The lowest BCUT2D eigenvalue weighted by atomic mass is 10.0. The van der Waals surface area contributed by atoms with E-state index in [0.29, 0.717) is 5.56 Å². The zero-order valence-electron chi connectivity index (χ0n) is 13.0. The van der Waals surface area contributed by atoms with Crippen molar-refractivity contribution >= 4 is 28.2 Å². The van der Waals surface area contributed by atoms with E-state index in [0.717, 1.165) is 27.8 Å². The summed E-state index contributed by atoms with van der Waals surface area (Å²) in [6.07, 6.45) is 2.61. The molecule has 1 atom stereocenters. The van der Waals surface area contributed by atoms with E-state index in [1.807, 2.05) is 36.7 Å². The van der Waals surface area contributed by atoms with Crippen molar-refractivity contribution in [2.24, 2.45) is 0 Å². The maximum Gasteiger partial charge on any atom is 0.253 e. The van der Waals surface area contributed by atoms with E-state index in [2.05, 4.69) is 19.9 Å². The number of benzene rings is 1. The van der Waals surface area contributed by atoms with Gasteiger partial charge >= 0.3 is 0 Å². The van der Waals surface area contributed by atoms with Crippen molar-refractivity contribution in [1.29, 1.82) is 0 Å². The maximum absolute atomic E-state index is 12.7. The van der Waals surface area contributed by atoms with Crippen molar-refractivity contribution in [3.8, 4) is 10.4 Å². The van der Waals surface area contributed by atoms with Gasteiger partial charge in [-0.1, -0.05) is 13.0 Å². The average molecular weight is 313 g/mol. The van der Waals surface area contributed by atoms with Gasteiger partial charge in [-0.3, -0.25) is 4.79 Å². The number of hydrogen-bond acceptors (Lipinski definition) is 3. The Morgan fingerprint density at radius 2 is 2.18 bits per heavy atom. The summed E-state index contributed by atoms with van der Waals surface area (Å²) >= 11 is 1.65. The van der Waals surface area contributed by atoms with Crippen LogP contribution < -0.4 is 0 Å². The zero-order valence-corrected chi connectivity index (χ0v) is 13.8. The van der Waals surface area contributed by atoms with Gasteiger partial charge in [-0.05, 0) is 43.0 Å². The van der Waals surface area contributed by atoms with Gasteiger partial charge < -0.3 is 9.32 Å². The number of nitrogens with zero attached hydrogens (tertiary/aromatic N) is 1. The first-order valence-corrected chi connectivity index (χ1v) is 8.32. The summed E-state index contributed by atoms with van der Waals surface area (Å²) in [4.78, 5) is 15.6. The van der Waals surface area contributed by atoms with E-state index < -0.39 is 0 Å². The number of carbonyl (C=O) groups is 1. The molecule has 0 saturated carbocycles. The Morgan fingerprint density at radius 3 is 2.86 bits per heavy atom. The quantitative estimate of drug-likeness (QED) is 0.676. The van der Waals surface area contributed by atoms with E-state index in [4.69, 9.17) is 4.42 Å². The lowest BCUT2D eigenvalue weighted by molar-refractivity contribution is 0.0741. The first-order chi connectivity index (χ1) is 10.6. The Morgan fingerprint density at radius 1 is 1.36 bits per heavy atom. The van der Waals surface area contributed by atoms with E-state index in [-0.39, 0.29) is 11.9 Å². The first-order valence-electron chi connectivity index (χ1n) is 7.44. The second-order valence-electron chi connectivity index (χ2n) is 5.51. The zero-order chi connectivity index (χ0) is 15.7. The smallest absolute Gasteiger partial charge is 0.253 e. The molecule has 0 fully saturated rings. The molecule has 0 N–H and O–H groups in total. The van der Waals surface area contributed by atoms with Gasteiger partial charge in [0.2, 0.25) is 0 Å². The molecule has 0 radical (unpaired) electrons. The molecule has 0 spiro atoms. The van der Waals surface area contributed by atoms with Crippen LogP contribution in [0.5, 0.6) is 0 Å². The number of carbonyl (C=O) groups excluding carboxylic acids is 1. The lowest BCUT2D eigenvalue weighted by Crippen LogP contribution is -2.34. The van der Waals surface area contributed by atoms with Gasteiger partial charge in [0.25, 0.3) is 5.91 Å². The fourth-order valence-corrected chi connectivity index (χ4v) is 3.24. The molecule has 114 valence electrons. The summed E-state index contributed by atoms with van der Waals surface area (Å²) in [6, 6.07) is 10.0. The molecule has 4 heteroatoms. The van der Waals surface area contributed by atoms with Crippen LogP contribution >= 0.6 is 11.3 Å². The number of furan rings is 1. The molecule has 1 aromatic carbocycles. The fourth-order valence-electron chi connectivity index (χ4n) is 2.50. The van der Waals surface area contributed by atoms with Crippen LogP contribution in [0.25, 0.3) is 21.4 Å². The Labute approximate surface area is 134 Å². The molecular formula is C18H19NO2S. The molecule has 0 bridgehead atoms. The minimum atomic E-state index is 0.0512. The molecule has 2 heterocycles. The molecule has 3 aromatic rings. The van der Waals surface area contributed by atoms with Crippen LogP contribution in [0.1, 0.15) is 30.6 Å². The lowest BCUT2D eigenvalue weighted by Gasteiger charge is -2.24. The minimum Gasteiger partial charge on any atom is -0.464 e. The molecular weight excluding hydrogens is 294 g/mol. The Bertz CT molecular complexity index is 789. The second-order valence-corrected chi connectivity index (χ2v) is 6.46. The van der Waals surface area contributed by atoms with Gasteiger partial charge in [0.15, 0.2) is 0 Å². The van der Waals surface area contributed by atoms with Gasteiger partial charge in [0.05, 0.1) is 6.26 Å². The van der Waals surface area contributed by atoms with Gasteiger partial charge in [-0.25, -0.2) is 0 Å². The largest absolute Gasteiger partial charge is 0.464 e. The average Bonchev–Trinajstić information content (AvgIpc) is 3.22. The van der Waals surface area contributed by atoms with Crippen LogP contribution in [0, 0.1) is 0 Å². The van der Waals surface area contributed by atoms with Gasteiger partial charge in [0, 0.05) is 34.5 Å². The van der Waals surface area contributed by atoms with Crippen LogP contribution in [-0.2, 0) is 0 Å². The van der Waals surface area contributed by atoms with Gasteiger partial charge in [-0.2, -0.15) is 0 Å². The molecule has 22 heavy (non-hydrogen) atoms. The molecule has 3 nitrogen and oxygen atoms in total. The molecule has 2 aromatic heterocycles. The molecule has 0 saturated heterocycles. The van der Waals surface area contributed by atoms with Crippen molar-refractivity contribution in [3.63, 3.8) is 0 Å². The van der Waals surface area contributed by atoms with E-state index in [1.54, 1.807) is 22.5 Å². The van der Waals surface area contributed by atoms with Crippen molar-refractivity contribution < 1.29 is 9.21 Å². The highest BCUT2D eigenvalue weighted by Crippen LogP contribution is 2.34. The highest BCUT2D eigenvalue weighted by Gasteiger charge is 2.19. The maximum atomic E-state index is 12.7. The molecule has 1 amide bonds. The number of hydrogen-bond donors (Lipinski definition) is 0. The Hall–Kier alpha value is -2.07. The van der Waals surface area contributed by atoms with E-state index >= 15 is 0 Å². The predicted octanol–water partition coefficient (Wildman–Crippen LogP) is 5.03. The van der Waals surface area contributed by atoms with Gasteiger partial charge in [0.1, 0.15) is 5.58 Å². The number of thiophene rings is 1. The Kier molecular flexibility index (Phi) is 4.03. The van der Waals surface area contributed by atoms with Crippen molar-refractivity contribution in [2.75, 3.05) is 7.05 Å². The fraction of sp³-hybridized carbons (Fsp3) is 0.278. The molecule has 0 aliphatic heterocycles. The van der Waals surface area contributed by atoms with Crippen LogP contribution in [0.2, 0.25) is 0 Å². The van der Waals surface area contributed by atoms with Crippen molar-refractivity contribution in [1.82, 2.24) is 4.90 Å². The molecule has 0 aliphatic carbocycles. The third-order valence-corrected chi connectivity index (χ3v) is 5.06. The third-order valence-electron chi connectivity index (χ3n) is 4.16. The van der Waals surface area contributed by atoms with E-state index in [1.165, 1.54) is 0 Å². The summed E-state index contributed by atoms with van der Waals surface area (Å²) in [5.74, 6) is 0.0512. The monoisotopic (exact) mass is 313 g/mol. The SMILES string of the molecule is CCC(C)N(C)C(=O)c1cc(-c2cccs2)c2occc2c1. The van der Waals surface area contributed by atoms with Crippen LogP contribution in [0.15, 0.2) is 46.4 Å². The number of rotatable bonds is 4. The molecule has 0 aliphatic rings. The second kappa shape index (κ2) is 5.97. The highest BCUT2D eigenvalue weighted by molar-refractivity contribution is 7.13. The first kappa shape index (κ1) is 14.9. The van der Waals surface area contributed by atoms with Gasteiger partial charge in [-0.15, -0.1) is 11.3 Å². The summed E-state index contributed by atoms with van der Waals surface area (Å²) < 4.78 is 5.62. The Balaban J connectivity index is 2.10. The predicted molar refractivity (Wildman–Crippen MR) is 91.4 cm³/mol. The summed E-state index contributed by atoms with van der Waals surface area (Å²) in [7, 11) is 1.86. The minimum absolute atomic E-state index is 0.0512. The highest BCUT2D eigenvalue weighted by atomic mass is 32.1. The topological polar surface area (TPSA) is 33.5 Å². The summed E-state index contributed by atoms with van der Waals surface area (Å²) in [6.45, 7) is 4.15. The summed E-state index contributed by atoms with van der Waals surface area (Å²) in [5, 5.41) is 3.00. The standard InChI is InChI=1S/C18H19NO2S/c1-4-12(2)19(3)18(20)14-10-13-7-8-21-17(13)15(11-14)16-6-5-9-22-16/h5-12H,4H2,1-3H3.